The number of fused-ring (bicyclic) bond motifs is 1. The number of nitrogens with one attached hydrogen (secondary N) is 3. The van der Waals surface area contributed by atoms with Crippen molar-refractivity contribution in [2.24, 2.45) is 0 Å². The molecule has 3 aromatic rings. The van der Waals surface area contributed by atoms with Crippen LogP contribution in [0, 0.1) is 0 Å². The first-order valence-electron chi connectivity index (χ1n) is 12.4. The van der Waals surface area contributed by atoms with E-state index in [9.17, 15) is 9.59 Å². The average Bonchev–Trinajstić information content (AvgIpc) is 3.25. The van der Waals surface area contributed by atoms with Gasteiger partial charge < -0.3 is 20.9 Å². The van der Waals surface area contributed by atoms with E-state index in [4.69, 9.17) is 4.98 Å². The van der Waals surface area contributed by atoms with Gasteiger partial charge in [0.2, 0.25) is 5.91 Å². The van der Waals surface area contributed by atoms with Crippen molar-refractivity contribution < 1.29 is 9.59 Å². The Balaban J connectivity index is 1.43. The normalized spacial score (nSPS) is 16.8. The highest BCUT2D eigenvalue weighted by atomic mass is 32.1. The Morgan fingerprint density at radius 2 is 2.14 bits per heavy atom. The summed E-state index contributed by atoms with van der Waals surface area (Å²) in [5.74, 6) is 0.733. The van der Waals surface area contributed by atoms with Gasteiger partial charge in [0.15, 0.2) is 5.65 Å². The van der Waals surface area contributed by atoms with Gasteiger partial charge in [-0.05, 0) is 49.7 Å². The van der Waals surface area contributed by atoms with Crippen LogP contribution in [-0.2, 0) is 4.79 Å². The van der Waals surface area contributed by atoms with Gasteiger partial charge in [0.1, 0.15) is 5.82 Å². The number of allylic oxidation sites excluding steroid dienone is 1. The second kappa shape index (κ2) is 10.2. The Morgan fingerprint density at radius 1 is 1.33 bits per heavy atom. The van der Waals surface area contributed by atoms with Crippen LogP contribution in [0.4, 0.5) is 5.82 Å². The number of carbonyl (C=O) groups is 2. The molecular weight excluding hydrogens is 474 g/mol. The van der Waals surface area contributed by atoms with Gasteiger partial charge in [-0.25, -0.2) is 4.98 Å². The van der Waals surface area contributed by atoms with Crippen LogP contribution >= 0.6 is 11.3 Å². The smallest absolute Gasteiger partial charge is 0.261 e. The Kier molecular flexibility index (Phi) is 6.88. The minimum Gasteiger partial charge on any atom is -0.367 e. The van der Waals surface area contributed by atoms with E-state index in [1.54, 1.807) is 10.7 Å². The van der Waals surface area contributed by atoms with Gasteiger partial charge in [-0.3, -0.25) is 9.59 Å². The van der Waals surface area contributed by atoms with Crippen LogP contribution in [0.25, 0.3) is 22.3 Å². The van der Waals surface area contributed by atoms with Crippen molar-refractivity contribution in [3.63, 3.8) is 0 Å². The van der Waals surface area contributed by atoms with Crippen molar-refractivity contribution in [2.75, 3.05) is 31.5 Å². The molecule has 9 nitrogen and oxygen atoms in total. The summed E-state index contributed by atoms with van der Waals surface area (Å²) >= 11 is 1.43. The zero-order chi connectivity index (χ0) is 25.2. The monoisotopic (exact) mass is 505 g/mol. The predicted molar refractivity (Wildman–Crippen MR) is 143 cm³/mol. The molecular formula is C26H31N7O2S. The van der Waals surface area contributed by atoms with Crippen LogP contribution in [0.3, 0.4) is 0 Å². The second-order valence-corrected chi connectivity index (χ2v) is 10.2. The molecule has 3 aromatic heterocycles. The highest BCUT2D eigenvalue weighted by Gasteiger charge is 2.24. The molecule has 5 rings (SSSR count). The van der Waals surface area contributed by atoms with Gasteiger partial charge in [-0.15, -0.1) is 11.3 Å². The van der Waals surface area contributed by atoms with Crippen molar-refractivity contribution >= 4 is 40.7 Å². The first kappa shape index (κ1) is 24.2. The molecule has 0 radical (unpaired) electrons. The maximum Gasteiger partial charge on any atom is 0.261 e. The Labute approximate surface area is 214 Å². The number of nitrogens with zero attached hydrogens (tertiary/aromatic N) is 4. The van der Waals surface area contributed by atoms with Gasteiger partial charge >= 0.3 is 0 Å². The molecule has 0 bridgehead atoms. The van der Waals surface area contributed by atoms with E-state index < -0.39 is 0 Å². The molecule has 36 heavy (non-hydrogen) atoms. The molecule has 1 aliphatic heterocycles. The largest absolute Gasteiger partial charge is 0.367 e. The first-order valence-corrected chi connectivity index (χ1v) is 13.2. The molecule has 2 aliphatic rings. The number of likely N-dealkylation sites (N-methyl/N-ethyl adjacent to an activating group) is 1. The molecule has 3 N–H and O–H groups in total. The van der Waals surface area contributed by atoms with Crippen LogP contribution in [0.2, 0.25) is 0 Å². The lowest BCUT2D eigenvalue weighted by molar-refractivity contribution is -0.118. The third kappa shape index (κ3) is 5.19. The fourth-order valence-corrected chi connectivity index (χ4v) is 5.08. The summed E-state index contributed by atoms with van der Waals surface area (Å²) in [4.78, 5) is 33.3. The van der Waals surface area contributed by atoms with Crippen molar-refractivity contribution in [3.8, 4) is 10.6 Å². The Bertz CT molecular complexity index is 1350. The summed E-state index contributed by atoms with van der Waals surface area (Å²) in [7, 11) is 0. The minimum atomic E-state index is -0.0671. The van der Waals surface area contributed by atoms with Gasteiger partial charge in [-0.1, -0.05) is 20.4 Å². The van der Waals surface area contributed by atoms with Gasteiger partial charge in [0, 0.05) is 36.5 Å². The van der Waals surface area contributed by atoms with E-state index in [2.05, 4.69) is 46.4 Å². The highest BCUT2D eigenvalue weighted by Crippen LogP contribution is 2.33. The lowest BCUT2D eigenvalue weighted by Crippen LogP contribution is -2.34. The summed E-state index contributed by atoms with van der Waals surface area (Å²) in [5.41, 5.74) is 3.72. The van der Waals surface area contributed by atoms with Crippen molar-refractivity contribution in [3.05, 3.63) is 52.7 Å². The quantitative estimate of drug-likeness (QED) is 0.390. The highest BCUT2D eigenvalue weighted by molar-refractivity contribution is 7.17. The standard InChI is InChI=1S/C26H31N7O2S/c1-4-32(5-2)11-10-27-26(35)22-9-8-21(36-22)20-14-23(30-19-6-7-19)33-25(31-20)18(15-28-33)12-17-13-24(34)29-16(17)3/h8-9,12,14-15,19,30H,3-7,10-11,13H2,1-2H3,(H,27,35)(H,29,34)/b17-12+. The summed E-state index contributed by atoms with van der Waals surface area (Å²) in [6.45, 7) is 11.6. The Morgan fingerprint density at radius 3 is 2.83 bits per heavy atom. The van der Waals surface area contributed by atoms with Crippen LogP contribution in [0.1, 0.15) is 48.3 Å². The molecule has 2 amide bonds. The third-order valence-corrected chi connectivity index (χ3v) is 7.58. The number of hydrogen-bond acceptors (Lipinski definition) is 7. The van der Waals surface area contributed by atoms with E-state index in [1.165, 1.54) is 11.3 Å². The zero-order valence-corrected chi connectivity index (χ0v) is 21.5. The number of amides is 2. The topological polar surface area (TPSA) is 104 Å². The number of anilines is 1. The van der Waals surface area contributed by atoms with Gasteiger partial charge in [0.05, 0.1) is 28.1 Å². The van der Waals surface area contributed by atoms with Gasteiger partial charge in [-0.2, -0.15) is 9.61 Å². The first-order chi connectivity index (χ1) is 17.4. The molecule has 1 saturated carbocycles. The zero-order valence-electron chi connectivity index (χ0n) is 20.6. The second-order valence-electron chi connectivity index (χ2n) is 9.10. The lowest BCUT2D eigenvalue weighted by Gasteiger charge is -2.17. The predicted octanol–water partition coefficient (Wildman–Crippen LogP) is 3.52. The van der Waals surface area contributed by atoms with Crippen LogP contribution in [-0.4, -0.2) is 63.5 Å². The van der Waals surface area contributed by atoms with E-state index in [0.29, 0.717) is 35.2 Å². The molecule has 0 atom stereocenters. The fourth-order valence-electron chi connectivity index (χ4n) is 4.20. The fraction of sp³-hybridized carbons (Fsp3) is 0.385. The van der Waals surface area contributed by atoms with E-state index >= 15 is 0 Å². The maximum atomic E-state index is 12.7. The average molecular weight is 506 g/mol. The summed E-state index contributed by atoms with van der Waals surface area (Å²) < 4.78 is 1.80. The molecule has 10 heteroatoms. The van der Waals surface area contributed by atoms with Crippen molar-refractivity contribution in [2.45, 2.75) is 39.2 Å². The molecule has 0 spiro atoms. The lowest BCUT2D eigenvalue weighted by atomic mass is 10.1. The van der Waals surface area contributed by atoms with Crippen molar-refractivity contribution in [1.29, 1.82) is 0 Å². The number of rotatable bonds is 10. The number of aromatic nitrogens is 3. The number of carbonyl (C=O) groups excluding carboxylic acids is 2. The van der Waals surface area contributed by atoms with Gasteiger partial charge in [0.25, 0.3) is 5.91 Å². The molecule has 0 aromatic carbocycles. The summed E-state index contributed by atoms with van der Waals surface area (Å²) in [6, 6.07) is 6.22. The molecule has 2 fully saturated rings. The van der Waals surface area contributed by atoms with E-state index in [-0.39, 0.29) is 11.8 Å². The number of hydrogen-bond donors (Lipinski definition) is 3. The van der Waals surface area contributed by atoms with E-state index in [1.807, 2.05) is 24.3 Å². The summed E-state index contributed by atoms with van der Waals surface area (Å²) in [5, 5.41) is 13.9. The summed E-state index contributed by atoms with van der Waals surface area (Å²) in [6.07, 6.45) is 6.23. The van der Waals surface area contributed by atoms with E-state index in [0.717, 1.165) is 60.0 Å². The number of thiophene rings is 1. The van der Waals surface area contributed by atoms with Crippen LogP contribution in [0.5, 0.6) is 0 Å². The van der Waals surface area contributed by atoms with Crippen LogP contribution in [0.15, 0.2) is 42.2 Å². The van der Waals surface area contributed by atoms with Crippen LogP contribution < -0.4 is 16.0 Å². The molecule has 4 heterocycles. The molecule has 1 saturated heterocycles. The van der Waals surface area contributed by atoms with Crippen molar-refractivity contribution in [1.82, 2.24) is 30.1 Å². The Hall–Kier alpha value is -3.50. The molecule has 0 unspecified atom stereocenters. The maximum absolute atomic E-state index is 12.7. The molecule has 188 valence electrons. The third-order valence-electron chi connectivity index (χ3n) is 6.48. The minimum absolute atomic E-state index is 0.0612. The molecule has 1 aliphatic carbocycles. The SMILES string of the molecule is C=C1NC(=O)C/C1=C\c1cnn2c(NC3CC3)cc(-c3ccc(C(=O)NCCN(CC)CC)s3)nc12.